The molecule has 21 heteroatoms. The average Bonchev–Trinajstić information content (AvgIpc) is 3.46. The van der Waals surface area contributed by atoms with Crippen LogP contribution in [0.15, 0.2) is 18.2 Å². The number of ether oxygens (including phenoxy) is 10. The van der Waals surface area contributed by atoms with Crippen LogP contribution in [0.25, 0.3) is 0 Å². The van der Waals surface area contributed by atoms with Crippen LogP contribution in [0.4, 0.5) is 0 Å². The number of hydrogen-bond donors (Lipinski definition) is 11. The summed E-state index contributed by atoms with van der Waals surface area (Å²) in [6.07, 6.45) is -20.0. The standard InChI is InChI=1S/C32H53N5O16/c1-44-11-3-10(4-12(5-11)45-2)29-46-9-17-27(51-29)23(42)19(37)31(49-17)50-25-14(35)6-13(34)20(39)28(25)53-32-24(43)26(16(8-38)48-32)52-30-18(36)22(41)21(40)15(7-33)47-30/h3-5,13-32,38-43H,6-9,33-37H2,1-2H3/t13-,14+,15+,16+,17+,18-,19+,20+,21-,22-,23+,24+,25-,26+,27+,28-,29+,30-,31+,32-/m0/s1. The van der Waals surface area contributed by atoms with Gasteiger partial charge in [0.1, 0.15) is 78.6 Å². The molecule has 0 amide bonds. The second-order valence-electron chi connectivity index (χ2n) is 13.9. The monoisotopic (exact) mass is 763 g/mol. The molecule has 302 valence electrons. The Morgan fingerprint density at radius 1 is 0.660 bits per heavy atom. The number of aliphatic hydroxyl groups is 6. The molecule has 0 unspecified atom stereocenters. The molecule has 6 rings (SSSR count). The van der Waals surface area contributed by atoms with Crippen molar-refractivity contribution in [1.29, 1.82) is 0 Å². The predicted octanol–water partition coefficient (Wildman–Crippen LogP) is -6.08. The molecule has 1 aromatic carbocycles. The number of aliphatic hydroxyl groups excluding tert-OH is 6. The molecule has 4 heterocycles. The highest BCUT2D eigenvalue weighted by atomic mass is 16.8. The molecule has 1 saturated carbocycles. The molecule has 5 aliphatic rings. The van der Waals surface area contributed by atoms with E-state index >= 15 is 0 Å². The molecule has 0 aromatic heterocycles. The van der Waals surface area contributed by atoms with Gasteiger partial charge in [0, 0.05) is 30.3 Å². The van der Waals surface area contributed by atoms with Crippen molar-refractivity contribution in [1.82, 2.24) is 0 Å². The average molecular weight is 764 g/mol. The first-order valence-electron chi connectivity index (χ1n) is 17.5. The van der Waals surface area contributed by atoms with E-state index in [-0.39, 0.29) is 19.6 Å². The smallest absolute Gasteiger partial charge is 0.187 e. The zero-order valence-corrected chi connectivity index (χ0v) is 29.3. The van der Waals surface area contributed by atoms with Gasteiger partial charge in [-0.2, -0.15) is 0 Å². The maximum Gasteiger partial charge on any atom is 0.187 e. The summed E-state index contributed by atoms with van der Waals surface area (Å²) >= 11 is 0. The van der Waals surface area contributed by atoms with Crippen LogP contribution in [0.2, 0.25) is 0 Å². The van der Waals surface area contributed by atoms with Gasteiger partial charge in [-0.25, -0.2) is 0 Å². The van der Waals surface area contributed by atoms with Crippen LogP contribution in [0.5, 0.6) is 11.5 Å². The second-order valence-corrected chi connectivity index (χ2v) is 13.9. The van der Waals surface area contributed by atoms with E-state index in [0.717, 1.165) is 0 Å². The minimum atomic E-state index is -1.62. The fourth-order valence-corrected chi connectivity index (χ4v) is 7.34. The van der Waals surface area contributed by atoms with Crippen molar-refractivity contribution in [2.45, 2.75) is 129 Å². The molecule has 53 heavy (non-hydrogen) atoms. The van der Waals surface area contributed by atoms with Crippen molar-refractivity contribution < 1.29 is 78.0 Å². The number of fused-ring (bicyclic) bond motifs is 1. The van der Waals surface area contributed by atoms with Gasteiger partial charge in [0.15, 0.2) is 25.2 Å². The normalized spacial score (nSPS) is 47.6. The Balaban J connectivity index is 1.14. The highest BCUT2D eigenvalue weighted by Crippen LogP contribution is 2.38. The molecule has 4 saturated heterocycles. The minimum absolute atomic E-state index is 0.0227. The van der Waals surface area contributed by atoms with Crippen LogP contribution >= 0.6 is 0 Å². The molecule has 21 nitrogen and oxygen atoms in total. The summed E-state index contributed by atoms with van der Waals surface area (Å²) in [7, 11) is 3.02. The van der Waals surface area contributed by atoms with E-state index in [4.69, 9.17) is 76.0 Å². The highest BCUT2D eigenvalue weighted by molar-refractivity contribution is 5.39. The summed E-state index contributed by atoms with van der Waals surface area (Å²) in [6, 6.07) is 0.951. The molecule has 1 aromatic rings. The summed E-state index contributed by atoms with van der Waals surface area (Å²) < 4.78 is 58.5. The van der Waals surface area contributed by atoms with Gasteiger partial charge in [-0.3, -0.25) is 0 Å². The number of hydrogen-bond acceptors (Lipinski definition) is 21. The molecule has 4 aliphatic heterocycles. The number of benzene rings is 1. The molecule has 20 atom stereocenters. The van der Waals surface area contributed by atoms with E-state index in [9.17, 15) is 30.6 Å². The largest absolute Gasteiger partial charge is 0.497 e. The van der Waals surface area contributed by atoms with E-state index in [2.05, 4.69) is 0 Å². The molecule has 16 N–H and O–H groups in total. The van der Waals surface area contributed by atoms with E-state index in [1.54, 1.807) is 18.2 Å². The first-order chi connectivity index (χ1) is 25.3. The third-order valence-electron chi connectivity index (χ3n) is 10.4. The fourth-order valence-electron chi connectivity index (χ4n) is 7.34. The Morgan fingerprint density at radius 2 is 1.26 bits per heavy atom. The Morgan fingerprint density at radius 3 is 1.91 bits per heavy atom. The van der Waals surface area contributed by atoms with Crippen molar-refractivity contribution in [2.24, 2.45) is 28.7 Å². The Bertz CT molecular complexity index is 1330. The molecule has 0 radical (unpaired) electrons. The van der Waals surface area contributed by atoms with Crippen LogP contribution in [0, 0.1) is 0 Å². The first kappa shape index (κ1) is 40.7. The van der Waals surface area contributed by atoms with Gasteiger partial charge in [0.05, 0.1) is 45.6 Å². The molecular weight excluding hydrogens is 710 g/mol. The van der Waals surface area contributed by atoms with Crippen LogP contribution in [0.3, 0.4) is 0 Å². The van der Waals surface area contributed by atoms with Crippen molar-refractivity contribution >= 4 is 0 Å². The van der Waals surface area contributed by atoms with E-state index < -0.39 is 129 Å². The van der Waals surface area contributed by atoms with Crippen molar-refractivity contribution in [2.75, 3.05) is 34.0 Å². The zero-order valence-electron chi connectivity index (χ0n) is 29.3. The number of nitrogens with two attached hydrogens (primary N) is 5. The maximum absolute atomic E-state index is 11.3. The minimum Gasteiger partial charge on any atom is -0.497 e. The van der Waals surface area contributed by atoms with Gasteiger partial charge < -0.3 is 107 Å². The van der Waals surface area contributed by atoms with E-state index in [1.165, 1.54) is 14.2 Å². The van der Waals surface area contributed by atoms with Crippen LogP contribution in [-0.2, 0) is 37.9 Å². The summed E-state index contributed by atoms with van der Waals surface area (Å²) in [5.74, 6) is 1.02. The topological polar surface area (TPSA) is 344 Å². The lowest BCUT2D eigenvalue weighted by Crippen LogP contribution is -2.69. The SMILES string of the molecule is COc1cc(OC)cc([C@@H]2OC[C@H]3O[C@H](O[C@@H]4[C@@H](O[C@@H]5O[C@H](CO)[C@@H](O[C@@H]6O[C@H](CN)[C@H](O)[C@@H](O)[C@@H]6N)[C@H]5O)[C@H](O)[C@@H](N)C[C@H]4N)[C@H](N)[C@@H](O)[C@@H]3O2)c1. The third kappa shape index (κ3) is 8.16. The summed E-state index contributed by atoms with van der Waals surface area (Å²) in [5, 5.41) is 64.6. The summed E-state index contributed by atoms with van der Waals surface area (Å²) in [5.41, 5.74) is 31.4. The molecule has 0 bridgehead atoms. The van der Waals surface area contributed by atoms with Gasteiger partial charge in [-0.15, -0.1) is 0 Å². The molecular formula is C32H53N5O16. The summed E-state index contributed by atoms with van der Waals surface area (Å²) in [6.45, 7) is -0.842. The quantitative estimate of drug-likeness (QED) is 0.0999. The lowest BCUT2D eigenvalue weighted by molar-refractivity contribution is -0.356. The predicted molar refractivity (Wildman–Crippen MR) is 176 cm³/mol. The lowest BCUT2D eigenvalue weighted by atomic mass is 9.84. The number of methoxy groups -OCH3 is 2. The Kier molecular flexibility index (Phi) is 13.1. The van der Waals surface area contributed by atoms with Crippen LogP contribution in [-0.4, -0.2) is 181 Å². The second kappa shape index (κ2) is 17.1. The third-order valence-corrected chi connectivity index (χ3v) is 10.4. The lowest BCUT2D eigenvalue weighted by Gasteiger charge is -2.49. The zero-order chi connectivity index (χ0) is 38.3. The highest BCUT2D eigenvalue weighted by Gasteiger charge is 2.55. The maximum atomic E-state index is 11.3. The fraction of sp³-hybridized carbons (Fsp3) is 0.812. The van der Waals surface area contributed by atoms with Crippen LogP contribution in [0.1, 0.15) is 18.3 Å². The van der Waals surface area contributed by atoms with Gasteiger partial charge in [-0.05, 0) is 18.6 Å². The summed E-state index contributed by atoms with van der Waals surface area (Å²) in [4.78, 5) is 0. The van der Waals surface area contributed by atoms with Gasteiger partial charge in [0.2, 0.25) is 0 Å². The number of rotatable bonds is 11. The molecule has 5 fully saturated rings. The van der Waals surface area contributed by atoms with Gasteiger partial charge in [0.25, 0.3) is 0 Å². The Hall–Kier alpha value is -1.94. The van der Waals surface area contributed by atoms with Crippen LogP contribution < -0.4 is 38.1 Å². The Labute approximate surface area is 304 Å². The molecule has 1 aliphatic carbocycles. The molecule has 0 spiro atoms. The van der Waals surface area contributed by atoms with Crippen molar-refractivity contribution in [3.63, 3.8) is 0 Å². The first-order valence-corrected chi connectivity index (χ1v) is 17.5. The van der Waals surface area contributed by atoms with Gasteiger partial charge >= 0.3 is 0 Å². The van der Waals surface area contributed by atoms with Gasteiger partial charge in [-0.1, -0.05) is 0 Å². The van der Waals surface area contributed by atoms with Crippen molar-refractivity contribution in [3.8, 4) is 11.5 Å². The van der Waals surface area contributed by atoms with Crippen molar-refractivity contribution in [3.05, 3.63) is 23.8 Å². The van der Waals surface area contributed by atoms with E-state index in [0.29, 0.717) is 17.1 Å². The van der Waals surface area contributed by atoms with E-state index in [1.807, 2.05) is 0 Å².